The van der Waals surface area contributed by atoms with E-state index in [4.69, 9.17) is 0 Å². The number of rotatable bonds is 2. The van der Waals surface area contributed by atoms with Crippen molar-refractivity contribution in [1.29, 1.82) is 0 Å². The maximum Gasteiger partial charge on any atom is 0.229 e. The van der Waals surface area contributed by atoms with E-state index in [-0.39, 0.29) is 11.8 Å². The van der Waals surface area contributed by atoms with Crippen molar-refractivity contribution < 1.29 is 4.79 Å². The fraction of sp³-hybridized carbons (Fsp3) is 0.714. The normalized spacial score (nSPS) is 24.2. The van der Waals surface area contributed by atoms with Gasteiger partial charge >= 0.3 is 0 Å². The molecule has 1 aromatic rings. The van der Waals surface area contributed by atoms with Crippen molar-refractivity contribution in [2.75, 3.05) is 5.32 Å². The third-order valence-electron chi connectivity index (χ3n) is 4.03. The van der Waals surface area contributed by atoms with Gasteiger partial charge in [-0.15, -0.1) is 0 Å². The number of anilines is 1. The molecule has 1 saturated carbocycles. The highest BCUT2D eigenvalue weighted by atomic mass is 79.9. The molecule has 1 fully saturated rings. The molecule has 2 rings (SSSR count). The lowest BCUT2D eigenvalue weighted by molar-refractivity contribution is -0.121. The largest absolute Gasteiger partial charge is 0.302 e. The predicted molar refractivity (Wildman–Crippen MR) is 83.3 cm³/mol. The van der Waals surface area contributed by atoms with Gasteiger partial charge < -0.3 is 5.32 Å². The van der Waals surface area contributed by atoms with Crippen LogP contribution in [-0.2, 0) is 4.79 Å². The highest BCUT2D eigenvalue weighted by Gasteiger charge is 2.32. The Morgan fingerprint density at radius 3 is 2.47 bits per heavy atom. The van der Waals surface area contributed by atoms with Crippen LogP contribution in [0.1, 0.15) is 46.5 Å². The van der Waals surface area contributed by atoms with Crippen LogP contribution >= 0.6 is 27.3 Å². The average Bonchev–Trinajstić information content (AvgIpc) is 2.74. The first-order chi connectivity index (χ1) is 8.86. The number of thiazole rings is 1. The first-order valence-electron chi connectivity index (χ1n) is 6.78. The lowest BCUT2D eigenvalue weighted by Crippen LogP contribution is -2.31. The molecule has 0 unspecified atom stereocenters. The van der Waals surface area contributed by atoms with Crippen LogP contribution in [-0.4, -0.2) is 10.9 Å². The van der Waals surface area contributed by atoms with Crippen LogP contribution in [0.3, 0.4) is 0 Å². The molecule has 0 bridgehead atoms. The van der Waals surface area contributed by atoms with Gasteiger partial charge in [0.05, 0.1) is 9.98 Å². The smallest absolute Gasteiger partial charge is 0.229 e. The molecule has 5 heteroatoms. The van der Waals surface area contributed by atoms with Crippen molar-refractivity contribution >= 4 is 38.3 Å². The molecular formula is C14H21BrN2OS. The second-order valence-corrected chi connectivity index (χ2v) is 8.78. The van der Waals surface area contributed by atoms with Gasteiger partial charge in [-0.3, -0.25) is 4.79 Å². The minimum atomic E-state index is 0.134. The first kappa shape index (κ1) is 15.0. The monoisotopic (exact) mass is 344 g/mol. The fourth-order valence-corrected chi connectivity index (χ4v) is 3.85. The summed E-state index contributed by atoms with van der Waals surface area (Å²) in [5, 5.41) is 3.61. The summed E-state index contributed by atoms with van der Waals surface area (Å²) in [5.41, 5.74) is 0.363. The van der Waals surface area contributed by atoms with E-state index in [1.54, 1.807) is 6.20 Å². The lowest BCUT2D eigenvalue weighted by atomic mass is 9.70. The van der Waals surface area contributed by atoms with E-state index in [0.29, 0.717) is 10.5 Å². The standard InChI is InChI=1S/C14H21BrN2OS/c1-14(2,3)10-6-4-9(5-7-10)12(18)17-13-16-8-11(15)19-13/h8-10H,4-7H2,1-3H3,(H,16,17,18). The number of amides is 1. The molecule has 0 radical (unpaired) electrons. The third-order valence-corrected chi connectivity index (χ3v) is 5.42. The zero-order chi connectivity index (χ0) is 14.0. The fourth-order valence-electron chi connectivity index (χ4n) is 2.74. The first-order valence-corrected chi connectivity index (χ1v) is 8.39. The minimum absolute atomic E-state index is 0.134. The number of carbonyl (C=O) groups is 1. The second kappa shape index (κ2) is 5.92. The number of nitrogens with zero attached hydrogens (tertiary/aromatic N) is 1. The number of hydrogen-bond donors (Lipinski definition) is 1. The highest BCUT2D eigenvalue weighted by molar-refractivity contribution is 9.11. The van der Waals surface area contributed by atoms with Gasteiger partial charge in [0.2, 0.25) is 5.91 Å². The van der Waals surface area contributed by atoms with Crippen LogP contribution in [0.15, 0.2) is 9.98 Å². The van der Waals surface area contributed by atoms with Crippen molar-refractivity contribution in [3.05, 3.63) is 9.98 Å². The van der Waals surface area contributed by atoms with Gasteiger partial charge in [0.1, 0.15) is 0 Å². The summed E-state index contributed by atoms with van der Waals surface area (Å²) < 4.78 is 0.944. The van der Waals surface area contributed by atoms with Crippen LogP contribution in [0.25, 0.3) is 0 Å². The van der Waals surface area contributed by atoms with Gasteiger partial charge in [-0.2, -0.15) is 0 Å². The number of hydrogen-bond acceptors (Lipinski definition) is 3. The molecule has 1 N–H and O–H groups in total. The van der Waals surface area contributed by atoms with E-state index in [0.717, 1.165) is 35.4 Å². The molecule has 1 heterocycles. The maximum atomic E-state index is 12.2. The van der Waals surface area contributed by atoms with Crippen molar-refractivity contribution in [1.82, 2.24) is 4.98 Å². The van der Waals surface area contributed by atoms with E-state index in [2.05, 4.69) is 47.0 Å². The van der Waals surface area contributed by atoms with E-state index >= 15 is 0 Å². The van der Waals surface area contributed by atoms with Crippen LogP contribution < -0.4 is 5.32 Å². The molecule has 0 spiro atoms. The Kier molecular flexibility index (Phi) is 4.66. The van der Waals surface area contributed by atoms with Crippen LogP contribution in [0, 0.1) is 17.3 Å². The van der Waals surface area contributed by atoms with Crippen molar-refractivity contribution in [2.45, 2.75) is 46.5 Å². The van der Waals surface area contributed by atoms with Gasteiger partial charge in [-0.1, -0.05) is 32.1 Å². The van der Waals surface area contributed by atoms with E-state index in [1.165, 1.54) is 11.3 Å². The Bertz CT molecular complexity index is 445. The molecule has 1 aromatic heterocycles. The molecule has 0 atom stereocenters. The Hall–Kier alpha value is -0.420. The van der Waals surface area contributed by atoms with Gasteiger partial charge in [-0.05, 0) is 52.9 Å². The summed E-state index contributed by atoms with van der Waals surface area (Å²) in [6.07, 6.45) is 6.03. The third kappa shape index (κ3) is 4.02. The molecule has 19 heavy (non-hydrogen) atoms. The summed E-state index contributed by atoms with van der Waals surface area (Å²) in [6.45, 7) is 6.89. The van der Waals surface area contributed by atoms with Crippen molar-refractivity contribution in [2.24, 2.45) is 17.3 Å². The topological polar surface area (TPSA) is 42.0 Å². The van der Waals surface area contributed by atoms with Crippen LogP contribution in [0.5, 0.6) is 0 Å². The van der Waals surface area contributed by atoms with E-state index in [9.17, 15) is 4.79 Å². The molecule has 1 amide bonds. The Morgan fingerprint density at radius 2 is 2.00 bits per heavy atom. The minimum Gasteiger partial charge on any atom is -0.302 e. The lowest BCUT2D eigenvalue weighted by Gasteiger charge is -2.36. The van der Waals surface area contributed by atoms with Gasteiger partial charge in [-0.25, -0.2) is 4.98 Å². The molecule has 0 saturated heterocycles. The maximum absolute atomic E-state index is 12.2. The zero-order valence-corrected chi connectivity index (χ0v) is 14.1. The Labute approximate surface area is 127 Å². The van der Waals surface area contributed by atoms with Crippen molar-refractivity contribution in [3.8, 4) is 0 Å². The van der Waals surface area contributed by atoms with E-state index in [1.807, 2.05) is 0 Å². The molecule has 0 aliphatic heterocycles. The summed E-state index contributed by atoms with van der Waals surface area (Å²) in [4.78, 5) is 16.3. The van der Waals surface area contributed by atoms with Crippen LogP contribution in [0.4, 0.5) is 5.13 Å². The Morgan fingerprint density at radius 1 is 1.37 bits per heavy atom. The highest BCUT2D eigenvalue weighted by Crippen LogP contribution is 2.40. The van der Waals surface area contributed by atoms with Gasteiger partial charge in [0, 0.05) is 5.92 Å². The predicted octanol–water partition coefficient (Wildman–Crippen LogP) is 4.70. The summed E-state index contributed by atoms with van der Waals surface area (Å²) in [5.74, 6) is 1.03. The quantitative estimate of drug-likeness (QED) is 0.844. The molecule has 0 aromatic carbocycles. The van der Waals surface area contributed by atoms with Gasteiger partial charge in [0.25, 0.3) is 0 Å². The summed E-state index contributed by atoms with van der Waals surface area (Å²) in [7, 11) is 0. The van der Waals surface area contributed by atoms with Gasteiger partial charge in [0.15, 0.2) is 5.13 Å². The molecule has 1 aliphatic carbocycles. The average molecular weight is 345 g/mol. The zero-order valence-electron chi connectivity index (χ0n) is 11.7. The number of carbonyl (C=O) groups excluding carboxylic acids is 1. The summed E-state index contributed by atoms with van der Waals surface area (Å²) in [6, 6.07) is 0. The summed E-state index contributed by atoms with van der Waals surface area (Å²) >= 11 is 4.81. The number of halogens is 1. The SMILES string of the molecule is CC(C)(C)C1CCC(C(=O)Nc2ncc(Br)s2)CC1. The van der Waals surface area contributed by atoms with E-state index < -0.39 is 0 Å². The molecule has 3 nitrogen and oxygen atoms in total. The number of nitrogens with one attached hydrogen (secondary N) is 1. The van der Waals surface area contributed by atoms with Crippen LogP contribution in [0.2, 0.25) is 0 Å². The Balaban J connectivity index is 1.86. The second-order valence-electron chi connectivity index (χ2n) is 6.37. The molecular weight excluding hydrogens is 324 g/mol. The molecule has 106 valence electrons. The molecule has 1 aliphatic rings. The van der Waals surface area contributed by atoms with Crippen molar-refractivity contribution in [3.63, 3.8) is 0 Å². The number of aromatic nitrogens is 1.